The first-order valence-electron chi connectivity index (χ1n) is 9.45. The lowest BCUT2D eigenvalue weighted by Crippen LogP contribution is -1.93. The van der Waals surface area contributed by atoms with E-state index < -0.39 is 0 Å². The van der Waals surface area contributed by atoms with Gasteiger partial charge in [-0.3, -0.25) is 0 Å². The molecule has 0 fully saturated rings. The van der Waals surface area contributed by atoms with Crippen LogP contribution in [0.3, 0.4) is 0 Å². The summed E-state index contributed by atoms with van der Waals surface area (Å²) in [6, 6.07) is 6.23. The van der Waals surface area contributed by atoms with Gasteiger partial charge in [0.1, 0.15) is 11.5 Å². The lowest BCUT2D eigenvalue weighted by atomic mass is 10.0. The first-order chi connectivity index (χ1) is 12.6. The Kier molecular flexibility index (Phi) is 5.82. The largest absolute Gasteiger partial charge is 0.494 e. The van der Waals surface area contributed by atoms with Crippen LogP contribution < -0.4 is 0 Å². The topological polar surface area (TPSA) is 53.2 Å². The van der Waals surface area contributed by atoms with E-state index in [-0.39, 0.29) is 0 Å². The fourth-order valence-corrected chi connectivity index (χ4v) is 3.29. The number of nitrogens with one attached hydrogen (secondary N) is 2. The van der Waals surface area contributed by atoms with Gasteiger partial charge in [-0.1, -0.05) is 26.7 Å². The SMILES string of the molecule is COC1=CC(c2ccc[nH]2)=N/C1=C\c1cc(CCCCC(C)C)c(C)[nH]1. The third kappa shape index (κ3) is 4.37. The van der Waals surface area contributed by atoms with E-state index in [9.17, 15) is 0 Å². The number of aliphatic imine (C=N–C) groups is 1. The number of hydrogen-bond donors (Lipinski definition) is 2. The third-order valence-electron chi connectivity index (χ3n) is 4.77. The number of aromatic nitrogens is 2. The predicted octanol–water partition coefficient (Wildman–Crippen LogP) is 5.39. The van der Waals surface area contributed by atoms with Crippen molar-refractivity contribution < 1.29 is 4.74 Å². The van der Waals surface area contributed by atoms with Gasteiger partial charge in [0.05, 0.1) is 18.5 Å². The fourth-order valence-electron chi connectivity index (χ4n) is 3.29. The van der Waals surface area contributed by atoms with Crippen LogP contribution in [0.2, 0.25) is 0 Å². The van der Waals surface area contributed by atoms with E-state index in [1.807, 2.05) is 24.4 Å². The number of ether oxygens (including phenoxy) is 1. The molecular formula is C22H29N3O. The molecule has 0 bridgehead atoms. The molecule has 0 unspecified atom stereocenters. The normalized spacial score (nSPS) is 15.7. The van der Waals surface area contributed by atoms with Crippen LogP contribution in [0.4, 0.5) is 0 Å². The summed E-state index contributed by atoms with van der Waals surface area (Å²) in [5, 5.41) is 0. The summed E-state index contributed by atoms with van der Waals surface area (Å²) in [6.45, 7) is 6.72. The van der Waals surface area contributed by atoms with Gasteiger partial charge >= 0.3 is 0 Å². The molecule has 4 nitrogen and oxygen atoms in total. The van der Waals surface area contributed by atoms with E-state index >= 15 is 0 Å². The molecule has 0 atom stereocenters. The molecule has 0 spiro atoms. The molecule has 1 aliphatic heterocycles. The van der Waals surface area contributed by atoms with Crippen molar-refractivity contribution >= 4 is 11.8 Å². The number of unbranched alkanes of at least 4 members (excludes halogenated alkanes) is 1. The monoisotopic (exact) mass is 351 g/mol. The van der Waals surface area contributed by atoms with Crippen molar-refractivity contribution in [2.75, 3.05) is 7.11 Å². The number of hydrogen-bond acceptors (Lipinski definition) is 2. The molecule has 0 radical (unpaired) electrons. The molecule has 3 rings (SSSR count). The van der Waals surface area contributed by atoms with Crippen molar-refractivity contribution in [3.63, 3.8) is 0 Å². The first-order valence-corrected chi connectivity index (χ1v) is 9.45. The molecule has 0 saturated carbocycles. The average Bonchev–Trinajstić information content (AvgIpc) is 3.32. The quantitative estimate of drug-likeness (QED) is 0.615. The summed E-state index contributed by atoms with van der Waals surface area (Å²) in [4.78, 5) is 11.4. The number of H-pyrrole nitrogens is 2. The highest BCUT2D eigenvalue weighted by Gasteiger charge is 2.17. The van der Waals surface area contributed by atoms with Crippen LogP contribution in [0, 0.1) is 12.8 Å². The fraction of sp³-hybridized carbons (Fsp3) is 0.409. The smallest absolute Gasteiger partial charge is 0.146 e. The van der Waals surface area contributed by atoms with Crippen LogP contribution in [0.25, 0.3) is 6.08 Å². The summed E-state index contributed by atoms with van der Waals surface area (Å²) in [5.41, 5.74) is 6.47. The van der Waals surface area contributed by atoms with Gasteiger partial charge in [-0.15, -0.1) is 0 Å². The number of aryl methyl sites for hydroxylation is 2. The number of rotatable bonds is 8. The standard InChI is InChI=1S/C22H29N3O/c1-15(2)8-5-6-9-17-12-18(24-16(17)3)13-21-22(26-4)14-20(25-21)19-10-7-11-23-19/h7,10-15,23-24H,5-6,8-9H2,1-4H3/b21-13-. The van der Waals surface area contributed by atoms with Crippen LogP contribution in [0.1, 0.15) is 55.8 Å². The Morgan fingerprint density at radius 2 is 2.12 bits per heavy atom. The molecule has 0 saturated heterocycles. The van der Waals surface area contributed by atoms with Crippen LogP contribution in [0.5, 0.6) is 0 Å². The lowest BCUT2D eigenvalue weighted by molar-refractivity contribution is 0.303. The van der Waals surface area contributed by atoms with Gasteiger partial charge < -0.3 is 14.7 Å². The zero-order chi connectivity index (χ0) is 18.5. The maximum absolute atomic E-state index is 5.51. The zero-order valence-corrected chi connectivity index (χ0v) is 16.2. The van der Waals surface area contributed by atoms with E-state index in [0.29, 0.717) is 0 Å². The van der Waals surface area contributed by atoms with Crippen LogP contribution in [-0.4, -0.2) is 22.8 Å². The van der Waals surface area contributed by atoms with Gasteiger partial charge in [-0.2, -0.15) is 0 Å². The van der Waals surface area contributed by atoms with Gasteiger partial charge in [0.25, 0.3) is 0 Å². The number of methoxy groups -OCH3 is 1. The van der Waals surface area contributed by atoms with Crippen LogP contribution >= 0.6 is 0 Å². The number of aromatic amines is 2. The summed E-state index contributed by atoms with van der Waals surface area (Å²) < 4.78 is 5.51. The second kappa shape index (κ2) is 8.26. The predicted molar refractivity (Wildman–Crippen MR) is 108 cm³/mol. The van der Waals surface area contributed by atoms with Gasteiger partial charge in [0.15, 0.2) is 0 Å². The molecule has 3 heterocycles. The van der Waals surface area contributed by atoms with Crippen molar-refractivity contribution in [3.8, 4) is 0 Å². The summed E-state index contributed by atoms with van der Waals surface area (Å²) in [7, 11) is 1.69. The van der Waals surface area contributed by atoms with E-state index in [0.717, 1.165) is 40.9 Å². The zero-order valence-electron chi connectivity index (χ0n) is 16.2. The number of nitrogens with zero attached hydrogens (tertiary/aromatic N) is 1. The minimum atomic E-state index is 0.788. The van der Waals surface area contributed by atoms with Crippen molar-refractivity contribution in [1.82, 2.24) is 9.97 Å². The maximum Gasteiger partial charge on any atom is 0.146 e. The Labute approximate surface area is 156 Å². The minimum Gasteiger partial charge on any atom is -0.494 e. The Morgan fingerprint density at radius 3 is 2.81 bits per heavy atom. The molecule has 2 aromatic heterocycles. The summed E-state index contributed by atoms with van der Waals surface area (Å²) in [5.74, 6) is 1.58. The van der Waals surface area contributed by atoms with E-state index in [1.165, 1.54) is 30.5 Å². The number of allylic oxidation sites excluding steroid dienone is 1. The van der Waals surface area contributed by atoms with Crippen molar-refractivity contribution in [1.29, 1.82) is 0 Å². The van der Waals surface area contributed by atoms with Crippen molar-refractivity contribution in [2.45, 2.75) is 46.5 Å². The average molecular weight is 351 g/mol. The maximum atomic E-state index is 5.51. The molecule has 138 valence electrons. The Hall–Kier alpha value is -2.49. The Morgan fingerprint density at radius 1 is 1.27 bits per heavy atom. The molecule has 2 aromatic rings. The molecule has 0 aliphatic carbocycles. The molecule has 1 aliphatic rings. The van der Waals surface area contributed by atoms with E-state index in [2.05, 4.69) is 42.9 Å². The summed E-state index contributed by atoms with van der Waals surface area (Å²) in [6.07, 6.45) is 10.9. The highest BCUT2D eigenvalue weighted by Crippen LogP contribution is 2.25. The van der Waals surface area contributed by atoms with Crippen LogP contribution in [0.15, 0.2) is 46.9 Å². The van der Waals surface area contributed by atoms with Crippen LogP contribution in [-0.2, 0) is 11.2 Å². The van der Waals surface area contributed by atoms with E-state index in [1.54, 1.807) is 7.11 Å². The Bertz CT molecular complexity index is 820. The minimum absolute atomic E-state index is 0.788. The summed E-state index contributed by atoms with van der Waals surface area (Å²) >= 11 is 0. The third-order valence-corrected chi connectivity index (χ3v) is 4.77. The molecule has 0 aromatic carbocycles. The van der Waals surface area contributed by atoms with Crippen molar-refractivity contribution in [3.05, 3.63) is 64.6 Å². The van der Waals surface area contributed by atoms with Crippen molar-refractivity contribution in [2.24, 2.45) is 10.9 Å². The highest BCUT2D eigenvalue weighted by molar-refractivity contribution is 6.11. The molecular weight excluding hydrogens is 322 g/mol. The molecule has 4 heteroatoms. The van der Waals surface area contributed by atoms with E-state index in [4.69, 9.17) is 9.73 Å². The Balaban J connectivity index is 1.73. The second-order valence-electron chi connectivity index (χ2n) is 7.34. The van der Waals surface area contributed by atoms with Gasteiger partial charge in [0, 0.05) is 23.7 Å². The molecule has 2 N–H and O–H groups in total. The van der Waals surface area contributed by atoms with Gasteiger partial charge in [-0.25, -0.2) is 4.99 Å². The first kappa shape index (κ1) is 18.3. The van der Waals surface area contributed by atoms with Gasteiger partial charge in [0.2, 0.25) is 0 Å². The van der Waals surface area contributed by atoms with Gasteiger partial charge in [-0.05, 0) is 55.5 Å². The molecule has 0 amide bonds. The lowest BCUT2D eigenvalue weighted by Gasteiger charge is -2.03. The second-order valence-corrected chi connectivity index (χ2v) is 7.34. The highest BCUT2D eigenvalue weighted by atomic mass is 16.5. The molecule has 26 heavy (non-hydrogen) atoms.